The molecule has 1 aromatic heterocycles. The third-order valence-electron chi connectivity index (χ3n) is 7.76. The van der Waals surface area contributed by atoms with Crippen LogP contribution < -0.4 is 0 Å². The molecule has 188 valence electrons. The van der Waals surface area contributed by atoms with Crippen LogP contribution in [0.1, 0.15) is 37.3 Å². The number of likely N-dealkylation sites (N-methyl/N-ethyl adjacent to an activating group) is 1. The van der Waals surface area contributed by atoms with Gasteiger partial charge in [-0.3, -0.25) is 4.79 Å². The van der Waals surface area contributed by atoms with E-state index in [2.05, 4.69) is 47.3 Å². The molecule has 1 saturated heterocycles. The summed E-state index contributed by atoms with van der Waals surface area (Å²) in [7, 11) is 3.43. The largest absolute Gasteiger partial charge is 0.375 e. The second-order valence-corrected chi connectivity index (χ2v) is 9.96. The van der Waals surface area contributed by atoms with Gasteiger partial charge in [-0.25, -0.2) is 4.39 Å². The highest BCUT2D eigenvalue weighted by molar-refractivity contribution is 5.83. The molecule has 35 heavy (non-hydrogen) atoms. The Morgan fingerprint density at radius 1 is 1.17 bits per heavy atom. The van der Waals surface area contributed by atoms with Gasteiger partial charge < -0.3 is 19.5 Å². The molecule has 6 heteroatoms. The zero-order chi connectivity index (χ0) is 24.8. The molecule has 1 N–H and O–H groups in total. The van der Waals surface area contributed by atoms with Gasteiger partial charge in [-0.2, -0.15) is 0 Å². The molecule has 0 radical (unpaired) electrons. The molecule has 1 aliphatic heterocycles. The Hall–Kier alpha value is -2.70. The summed E-state index contributed by atoms with van der Waals surface area (Å²) in [4.78, 5) is 20.5. The van der Waals surface area contributed by atoms with Crippen molar-refractivity contribution < 1.29 is 13.9 Å². The summed E-state index contributed by atoms with van der Waals surface area (Å²) in [6, 6.07) is 15.7. The Bertz CT molecular complexity index is 1090. The van der Waals surface area contributed by atoms with E-state index in [1.807, 2.05) is 24.1 Å². The number of ether oxygens (including phenoxy) is 1. The second-order valence-electron chi connectivity index (χ2n) is 9.96. The van der Waals surface area contributed by atoms with Crippen LogP contribution in [0.3, 0.4) is 0 Å². The number of piperidine rings is 1. The monoisotopic (exact) mass is 479 g/mol. The van der Waals surface area contributed by atoms with Gasteiger partial charge in [0.1, 0.15) is 12.4 Å². The molecule has 4 rings (SSSR count). The summed E-state index contributed by atoms with van der Waals surface area (Å²) in [5, 5.41) is 1.32. The molecule has 0 unspecified atom stereocenters. The predicted octanol–water partition coefficient (Wildman–Crippen LogP) is 5.06. The molecule has 2 heterocycles. The molecule has 2 aromatic carbocycles. The molecule has 1 aliphatic rings. The quantitative estimate of drug-likeness (QED) is 0.442. The maximum atomic E-state index is 13.4. The van der Waals surface area contributed by atoms with Gasteiger partial charge in [0.05, 0.1) is 0 Å². The minimum atomic E-state index is -0.232. The minimum absolute atomic E-state index is 0.00543. The van der Waals surface area contributed by atoms with Crippen molar-refractivity contribution in [2.45, 2.75) is 51.1 Å². The van der Waals surface area contributed by atoms with E-state index in [0.29, 0.717) is 12.0 Å². The number of aryl methyl sites for hydroxylation is 1. The summed E-state index contributed by atoms with van der Waals surface area (Å²) in [6.45, 7) is 4.48. The van der Waals surface area contributed by atoms with Crippen LogP contribution in [0, 0.1) is 11.7 Å². The minimum Gasteiger partial charge on any atom is -0.375 e. The number of amides is 1. The number of likely N-dealkylation sites (tertiary alicyclic amines) is 1. The first kappa shape index (κ1) is 25.4. The third-order valence-corrected chi connectivity index (χ3v) is 7.76. The highest BCUT2D eigenvalue weighted by Crippen LogP contribution is 2.29. The van der Waals surface area contributed by atoms with E-state index in [-0.39, 0.29) is 24.4 Å². The number of carbonyl (C=O) groups is 1. The lowest BCUT2D eigenvalue weighted by Gasteiger charge is -2.42. The summed E-state index contributed by atoms with van der Waals surface area (Å²) in [6.07, 6.45) is 7.16. The topological polar surface area (TPSA) is 48.6 Å². The summed E-state index contributed by atoms with van der Waals surface area (Å²) in [5.41, 5.74) is 3.65. The van der Waals surface area contributed by atoms with Gasteiger partial charge in [-0.05, 0) is 87.4 Å². The lowest BCUT2D eigenvalue weighted by Crippen LogP contribution is -2.49. The Kier molecular flexibility index (Phi) is 8.58. The van der Waals surface area contributed by atoms with E-state index in [1.54, 1.807) is 7.11 Å². The number of hydrogen-bond donors (Lipinski definition) is 1. The summed E-state index contributed by atoms with van der Waals surface area (Å²) < 4.78 is 18.5. The highest BCUT2D eigenvalue weighted by atomic mass is 19.1. The normalized spacial score (nSPS) is 16.9. The van der Waals surface area contributed by atoms with Crippen LogP contribution >= 0.6 is 0 Å². The smallest absolute Gasteiger partial charge is 0.248 e. The second kappa shape index (κ2) is 11.8. The SMILES string of the molecule is COCC(=O)N(C)[C@H](Cc1ccc(F)cc1)C1CCN([C@H](C)CCc2c[nH]c3ccccc23)CC1. The predicted molar refractivity (Wildman–Crippen MR) is 139 cm³/mol. The van der Waals surface area contributed by atoms with Gasteiger partial charge in [-0.1, -0.05) is 30.3 Å². The van der Waals surface area contributed by atoms with Crippen LogP contribution in [0.2, 0.25) is 0 Å². The van der Waals surface area contributed by atoms with Crippen molar-refractivity contribution in [3.05, 3.63) is 71.7 Å². The number of nitrogens with one attached hydrogen (secondary N) is 1. The first-order chi connectivity index (χ1) is 17.0. The van der Waals surface area contributed by atoms with Gasteiger partial charge in [0.15, 0.2) is 0 Å². The number of nitrogens with zero attached hydrogens (tertiary/aromatic N) is 2. The van der Waals surface area contributed by atoms with Gasteiger partial charge in [0, 0.05) is 43.3 Å². The number of fused-ring (bicyclic) bond motifs is 1. The number of rotatable bonds is 10. The highest BCUT2D eigenvalue weighted by Gasteiger charge is 2.32. The molecule has 0 aliphatic carbocycles. The molecule has 5 nitrogen and oxygen atoms in total. The number of aromatic nitrogens is 1. The number of H-pyrrole nitrogens is 1. The zero-order valence-electron chi connectivity index (χ0n) is 21.2. The summed E-state index contributed by atoms with van der Waals surface area (Å²) >= 11 is 0. The molecule has 3 aromatic rings. The lowest BCUT2D eigenvalue weighted by atomic mass is 9.84. The van der Waals surface area contributed by atoms with Crippen LogP contribution in [0.15, 0.2) is 54.7 Å². The number of para-hydroxylation sites is 1. The van der Waals surface area contributed by atoms with Crippen molar-refractivity contribution in [1.29, 1.82) is 0 Å². The number of carbonyl (C=O) groups excluding carboxylic acids is 1. The molecular formula is C29H38FN3O2. The molecule has 2 atom stereocenters. The van der Waals surface area contributed by atoms with E-state index in [9.17, 15) is 9.18 Å². The number of methoxy groups -OCH3 is 1. The van der Waals surface area contributed by atoms with Crippen LogP contribution in [0.5, 0.6) is 0 Å². The van der Waals surface area contributed by atoms with E-state index < -0.39 is 0 Å². The molecule has 1 amide bonds. The van der Waals surface area contributed by atoms with Crippen molar-refractivity contribution in [2.75, 3.05) is 33.9 Å². The van der Waals surface area contributed by atoms with Gasteiger partial charge >= 0.3 is 0 Å². The number of hydrogen-bond acceptors (Lipinski definition) is 3. The lowest BCUT2D eigenvalue weighted by molar-refractivity contribution is -0.137. The Morgan fingerprint density at radius 3 is 2.60 bits per heavy atom. The molecule has 1 fully saturated rings. The molecule has 0 bridgehead atoms. The van der Waals surface area contributed by atoms with Gasteiger partial charge in [-0.15, -0.1) is 0 Å². The van der Waals surface area contributed by atoms with Crippen LogP contribution in [0.4, 0.5) is 4.39 Å². The average molecular weight is 480 g/mol. The standard InChI is InChI=1S/C29H38FN3O2/c1-21(8-11-24-19-31-27-7-5-4-6-26(24)27)33-16-14-23(15-17-33)28(32(2)29(34)20-35-3)18-22-9-12-25(30)13-10-22/h4-7,9-10,12-13,19,21,23,28,31H,8,11,14-18,20H2,1-3H3/t21-,28-/m1/s1. The summed E-state index contributed by atoms with van der Waals surface area (Å²) in [5.74, 6) is 0.168. The van der Waals surface area contributed by atoms with E-state index in [1.165, 1.54) is 28.6 Å². The van der Waals surface area contributed by atoms with Gasteiger partial charge in [0.2, 0.25) is 5.91 Å². The average Bonchev–Trinajstić information content (AvgIpc) is 3.30. The van der Waals surface area contributed by atoms with Crippen molar-refractivity contribution >= 4 is 16.8 Å². The van der Waals surface area contributed by atoms with Crippen molar-refractivity contribution in [3.63, 3.8) is 0 Å². The van der Waals surface area contributed by atoms with Crippen molar-refractivity contribution in [1.82, 2.24) is 14.8 Å². The third kappa shape index (κ3) is 6.30. The number of halogens is 1. The maximum Gasteiger partial charge on any atom is 0.248 e. The fourth-order valence-corrected chi connectivity index (χ4v) is 5.52. The van der Waals surface area contributed by atoms with E-state index in [0.717, 1.165) is 50.8 Å². The van der Waals surface area contributed by atoms with Gasteiger partial charge in [0.25, 0.3) is 0 Å². The van der Waals surface area contributed by atoms with Crippen LogP contribution in [-0.4, -0.2) is 66.6 Å². The number of benzene rings is 2. The van der Waals surface area contributed by atoms with Crippen molar-refractivity contribution in [3.8, 4) is 0 Å². The van der Waals surface area contributed by atoms with E-state index >= 15 is 0 Å². The van der Waals surface area contributed by atoms with Crippen molar-refractivity contribution in [2.24, 2.45) is 5.92 Å². The fourth-order valence-electron chi connectivity index (χ4n) is 5.52. The Balaban J connectivity index is 1.35. The molecule has 0 spiro atoms. The Morgan fingerprint density at radius 2 is 1.89 bits per heavy atom. The maximum absolute atomic E-state index is 13.4. The first-order valence-corrected chi connectivity index (χ1v) is 12.7. The number of aromatic amines is 1. The first-order valence-electron chi connectivity index (χ1n) is 12.7. The van der Waals surface area contributed by atoms with Crippen LogP contribution in [-0.2, 0) is 22.4 Å². The van der Waals surface area contributed by atoms with E-state index in [4.69, 9.17) is 4.74 Å². The fraction of sp³-hybridized carbons (Fsp3) is 0.483. The Labute approximate surface area is 208 Å². The molecule has 0 saturated carbocycles. The molecular weight excluding hydrogens is 441 g/mol. The zero-order valence-corrected chi connectivity index (χ0v) is 21.2. The van der Waals surface area contributed by atoms with Crippen LogP contribution in [0.25, 0.3) is 10.9 Å².